The smallest absolute Gasteiger partial charge is 0.196 e. The lowest BCUT2D eigenvalue weighted by atomic mass is 10.0. The summed E-state index contributed by atoms with van der Waals surface area (Å²) >= 11 is 3.08. The molecule has 0 atom stereocenters. The summed E-state index contributed by atoms with van der Waals surface area (Å²) in [6.07, 6.45) is 0.764. The fourth-order valence-electron chi connectivity index (χ4n) is 1.82. The van der Waals surface area contributed by atoms with Gasteiger partial charge >= 0.3 is 0 Å². The molecule has 2 aromatic rings. The Morgan fingerprint density at radius 2 is 1.84 bits per heavy atom. The average Bonchev–Trinajstić information content (AvgIpc) is 2.42. The molecule has 0 heterocycles. The number of nitrogens with two attached hydrogens (primary N) is 1. The van der Waals surface area contributed by atoms with Gasteiger partial charge in [-0.1, -0.05) is 30.3 Å². The van der Waals surface area contributed by atoms with Crippen molar-refractivity contribution in [2.75, 3.05) is 6.54 Å². The summed E-state index contributed by atoms with van der Waals surface area (Å²) in [5.74, 6) is -0.850. The standard InChI is InChI=1S/C15H13BrFNO/c16-13-3-1-2-12(14(13)17)15(19)11-6-4-10(5-7-11)8-9-18/h1-7H,8-9,18H2. The number of hydrogen-bond donors (Lipinski definition) is 1. The molecule has 0 aliphatic heterocycles. The number of carbonyl (C=O) groups is 1. The Bertz CT molecular complexity index is 596. The highest BCUT2D eigenvalue weighted by molar-refractivity contribution is 9.10. The molecule has 0 spiro atoms. The zero-order valence-corrected chi connectivity index (χ0v) is 11.8. The Labute approximate surface area is 119 Å². The third-order valence-electron chi connectivity index (χ3n) is 2.85. The topological polar surface area (TPSA) is 43.1 Å². The van der Waals surface area contributed by atoms with Crippen LogP contribution in [-0.2, 0) is 6.42 Å². The second-order valence-corrected chi connectivity index (χ2v) is 5.02. The van der Waals surface area contributed by atoms with E-state index in [1.54, 1.807) is 24.3 Å². The third-order valence-corrected chi connectivity index (χ3v) is 3.46. The van der Waals surface area contributed by atoms with Crippen molar-refractivity contribution in [3.8, 4) is 0 Å². The van der Waals surface area contributed by atoms with Crippen molar-refractivity contribution in [2.24, 2.45) is 5.73 Å². The van der Waals surface area contributed by atoms with Crippen LogP contribution in [0.3, 0.4) is 0 Å². The molecule has 0 fully saturated rings. The molecule has 2 rings (SSSR count). The largest absolute Gasteiger partial charge is 0.330 e. The molecule has 0 saturated heterocycles. The van der Waals surface area contributed by atoms with Crippen molar-refractivity contribution >= 4 is 21.7 Å². The first-order valence-electron chi connectivity index (χ1n) is 5.91. The monoisotopic (exact) mass is 321 g/mol. The van der Waals surface area contributed by atoms with Gasteiger partial charge in [-0.15, -0.1) is 0 Å². The third kappa shape index (κ3) is 3.08. The summed E-state index contributed by atoms with van der Waals surface area (Å²) in [5.41, 5.74) is 7.07. The zero-order chi connectivity index (χ0) is 13.8. The molecule has 2 nitrogen and oxygen atoms in total. The Morgan fingerprint density at radius 1 is 1.16 bits per heavy atom. The van der Waals surface area contributed by atoms with Gasteiger partial charge in [-0.05, 0) is 46.6 Å². The predicted octanol–water partition coefficient (Wildman–Crippen LogP) is 3.32. The highest BCUT2D eigenvalue weighted by Crippen LogP contribution is 2.21. The molecule has 4 heteroatoms. The first-order chi connectivity index (χ1) is 9.13. The summed E-state index contributed by atoms with van der Waals surface area (Å²) in [6.45, 7) is 0.563. The second kappa shape index (κ2) is 6.08. The van der Waals surface area contributed by atoms with Crippen LogP contribution in [0.5, 0.6) is 0 Å². The summed E-state index contributed by atoms with van der Waals surface area (Å²) in [6, 6.07) is 11.8. The molecule has 19 heavy (non-hydrogen) atoms. The fourth-order valence-corrected chi connectivity index (χ4v) is 2.19. The van der Waals surface area contributed by atoms with Crippen LogP contribution in [0.4, 0.5) is 4.39 Å². The molecule has 0 aliphatic carbocycles. The summed E-state index contributed by atoms with van der Waals surface area (Å²) in [4.78, 5) is 12.2. The maximum Gasteiger partial charge on any atom is 0.196 e. The molecule has 2 aromatic carbocycles. The SMILES string of the molecule is NCCc1ccc(C(=O)c2cccc(Br)c2F)cc1. The van der Waals surface area contributed by atoms with Crippen molar-refractivity contribution in [1.82, 2.24) is 0 Å². The number of rotatable bonds is 4. The van der Waals surface area contributed by atoms with Gasteiger partial charge in [-0.3, -0.25) is 4.79 Å². The van der Waals surface area contributed by atoms with Crippen molar-refractivity contribution in [1.29, 1.82) is 0 Å². The van der Waals surface area contributed by atoms with Gasteiger partial charge in [0.2, 0.25) is 0 Å². The van der Waals surface area contributed by atoms with E-state index in [-0.39, 0.29) is 15.8 Å². The van der Waals surface area contributed by atoms with Crippen LogP contribution in [0.15, 0.2) is 46.9 Å². The normalized spacial score (nSPS) is 10.5. The van der Waals surface area contributed by atoms with Gasteiger partial charge in [0, 0.05) is 5.56 Å². The molecule has 0 radical (unpaired) electrons. The van der Waals surface area contributed by atoms with Gasteiger partial charge in [0.1, 0.15) is 5.82 Å². The van der Waals surface area contributed by atoms with E-state index in [0.717, 1.165) is 12.0 Å². The van der Waals surface area contributed by atoms with Crippen molar-refractivity contribution in [3.05, 3.63) is 69.4 Å². The van der Waals surface area contributed by atoms with Crippen LogP contribution < -0.4 is 5.73 Å². The molecule has 0 aromatic heterocycles. The minimum Gasteiger partial charge on any atom is -0.330 e. The van der Waals surface area contributed by atoms with Crippen LogP contribution in [0.1, 0.15) is 21.5 Å². The van der Waals surface area contributed by atoms with E-state index < -0.39 is 5.82 Å². The molecule has 0 saturated carbocycles. The summed E-state index contributed by atoms with van der Waals surface area (Å²) in [7, 11) is 0. The Kier molecular flexibility index (Phi) is 4.45. The number of halogens is 2. The molecule has 0 aliphatic rings. The minimum absolute atomic E-state index is 0.0703. The molecule has 0 bridgehead atoms. The summed E-state index contributed by atoms with van der Waals surface area (Å²) < 4.78 is 14.1. The van der Waals surface area contributed by atoms with Gasteiger partial charge in [0.15, 0.2) is 5.78 Å². The van der Waals surface area contributed by atoms with Crippen LogP contribution in [-0.4, -0.2) is 12.3 Å². The van der Waals surface area contributed by atoms with Gasteiger partial charge in [-0.2, -0.15) is 0 Å². The molecular weight excluding hydrogens is 309 g/mol. The van der Waals surface area contributed by atoms with E-state index in [0.29, 0.717) is 12.1 Å². The number of benzene rings is 2. The van der Waals surface area contributed by atoms with E-state index in [1.807, 2.05) is 12.1 Å². The van der Waals surface area contributed by atoms with E-state index in [4.69, 9.17) is 5.73 Å². The van der Waals surface area contributed by atoms with Crippen molar-refractivity contribution in [3.63, 3.8) is 0 Å². The lowest BCUT2D eigenvalue weighted by Gasteiger charge is -2.05. The molecule has 98 valence electrons. The average molecular weight is 322 g/mol. The number of carbonyl (C=O) groups excluding carboxylic acids is 1. The minimum atomic E-state index is -0.529. The molecule has 0 amide bonds. The number of ketones is 1. The van der Waals surface area contributed by atoms with Crippen LogP contribution in [0.2, 0.25) is 0 Å². The van der Waals surface area contributed by atoms with Crippen molar-refractivity contribution < 1.29 is 9.18 Å². The van der Waals surface area contributed by atoms with E-state index in [9.17, 15) is 9.18 Å². The Balaban J connectivity index is 2.31. The van der Waals surface area contributed by atoms with Crippen LogP contribution in [0.25, 0.3) is 0 Å². The summed E-state index contributed by atoms with van der Waals surface area (Å²) in [5, 5.41) is 0. The van der Waals surface area contributed by atoms with Crippen LogP contribution >= 0.6 is 15.9 Å². The maximum atomic E-state index is 13.9. The molecule has 2 N–H and O–H groups in total. The van der Waals surface area contributed by atoms with Gasteiger partial charge in [0.05, 0.1) is 10.0 Å². The predicted molar refractivity (Wildman–Crippen MR) is 76.7 cm³/mol. The highest BCUT2D eigenvalue weighted by atomic mass is 79.9. The van der Waals surface area contributed by atoms with Gasteiger partial charge in [-0.25, -0.2) is 4.39 Å². The Hall–Kier alpha value is -1.52. The molecular formula is C15H13BrFNO. The first kappa shape index (κ1) is 13.9. The molecule has 0 unspecified atom stereocenters. The quantitative estimate of drug-likeness (QED) is 0.878. The first-order valence-corrected chi connectivity index (χ1v) is 6.70. The fraction of sp³-hybridized carbons (Fsp3) is 0.133. The highest BCUT2D eigenvalue weighted by Gasteiger charge is 2.15. The van der Waals surface area contributed by atoms with Crippen molar-refractivity contribution in [2.45, 2.75) is 6.42 Å². The lowest BCUT2D eigenvalue weighted by molar-refractivity contribution is 0.103. The van der Waals surface area contributed by atoms with Gasteiger partial charge in [0.25, 0.3) is 0 Å². The van der Waals surface area contributed by atoms with Gasteiger partial charge < -0.3 is 5.73 Å². The van der Waals surface area contributed by atoms with E-state index in [1.165, 1.54) is 6.07 Å². The van der Waals surface area contributed by atoms with Crippen LogP contribution in [0, 0.1) is 5.82 Å². The van der Waals surface area contributed by atoms with E-state index >= 15 is 0 Å². The lowest BCUT2D eigenvalue weighted by Crippen LogP contribution is -2.06. The second-order valence-electron chi connectivity index (χ2n) is 4.17. The zero-order valence-electron chi connectivity index (χ0n) is 10.2. The Morgan fingerprint density at radius 3 is 2.47 bits per heavy atom. The number of hydrogen-bond acceptors (Lipinski definition) is 2. The van der Waals surface area contributed by atoms with E-state index in [2.05, 4.69) is 15.9 Å². The maximum absolute atomic E-state index is 13.9.